The summed E-state index contributed by atoms with van der Waals surface area (Å²) in [4.78, 5) is 60.2. The van der Waals surface area contributed by atoms with Crippen LogP contribution in [0.3, 0.4) is 0 Å². The second-order valence-corrected chi connectivity index (χ2v) is 5.89. The Labute approximate surface area is 152 Å². The van der Waals surface area contributed by atoms with E-state index in [0.29, 0.717) is 5.84 Å². The Hall–Kier alpha value is -3.35. The van der Waals surface area contributed by atoms with Crippen molar-refractivity contribution in [2.75, 3.05) is 21.1 Å². The number of carboxylic acids is 3. The van der Waals surface area contributed by atoms with Gasteiger partial charge in [0.05, 0.1) is 19.9 Å². The molecule has 13 heteroatoms. The van der Waals surface area contributed by atoms with Crippen LogP contribution < -0.4 is 0 Å². The lowest BCUT2D eigenvalue weighted by Gasteiger charge is -2.29. The van der Waals surface area contributed by atoms with Crippen molar-refractivity contribution in [1.82, 2.24) is 9.80 Å². The zero-order valence-corrected chi connectivity index (χ0v) is 14.7. The molecule has 0 spiro atoms. The van der Waals surface area contributed by atoms with Crippen LogP contribution in [0.1, 0.15) is 12.8 Å². The number of fused-ring (bicyclic) bond motifs is 1. The molecule has 0 aliphatic carbocycles. The topological polar surface area (TPSA) is 188 Å². The molecule has 0 radical (unpaired) electrons. The van der Waals surface area contributed by atoms with Crippen LogP contribution in [0.4, 0.5) is 4.79 Å². The minimum Gasteiger partial charge on any atom is -0.481 e. The molecule has 0 aromatic carbocycles. The number of carbonyl (C=O) groups is 5. The highest BCUT2D eigenvalue weighted by Crippen LogP contribution is 2.16. The lowest BCUT2D eigenvalue weighted by Crippen LogP contribution is -2.61. The van der Waals surface area contributed by atoms with Gasteiger partial charge in [0.1, 0.15) is 0 Å². The first-order valence-electron chi connectivity index (χ1n) is 7.39. The zero-order chi connectivity index (χ0) is 21.1. The maximum Gasteiger partial charge on any atom is 0.336 e. The van der Waals surface area contributed by atoms with E-state index in [2.05, 4.69) is 4.99 Å². The fourth-order valence-corrected chi connectivity index (χ4v) is 2.34. The molecular formula is C14H19N4O9+. The number of hydrogen-bond acceptors (Lipinski definition) is 7. The van der Waals surface area contributed by atoms with Crippen molar-refractivity contribution < 1.29 is 49.0 Å². The van der Waals surface area contributed by atoms with E-state index < -0.39 is 42.4 Å². The number of amidine groups is 1. The molecule has 27 heavy (non-hydrogen) atoms. The molecule has 1 saturated heterocycles. The summed E-state index contributed by atoms with van der Waals surface area (Å²) in [6.07, 6.45) is -0.732. The molecule has 0 bridgehead atoms. The van der Waals surface area contributed by atoms with Gasteiger partial charge < -0.3 is 20.4 Å². The fourth-order valence-electron chi connectivity index (χ4n) is 2.34. The third-order valence-electron chi connectivity index (χ3n) is 3.79. The van der Waals surface area contributed by atoms with Gasteiger partial charge in [-0.15, -0.1) is 0 Å². The number of urea groups is 1. The first-order valence-corrected chi connectivity index (χ1v) is 7.39. The predicted octanol–water partition coefficient (Wildman–Crippen LogP) is -2.29. The average Bonchev–Trinajstić information content (AvgIpc) is 2.91. The number of aliphatic carboxylic acids is 3. The van der Waals surface area contributed by atoms with Crippen molar-refractivity contribution in [3.8, 4) is 0 Å². The van der Waals surface area contributed by atoms with Gasteiger partial charge in [-0.25, -0.2) is 14.2 Å². The molecule has 2 aliphatic rings. The molecule has 13 nitrogen and oxygen atoms in total. The summed E-state index contributed by atoms with van der Waals surface area (Å²) in [5.41, 5.74) is -2.74. The molecule has 1 atom stereocenters. The molecule has 4 N–H and O–H groups in total. The number of carbonyl (C=O) groups excluding carboxylic acids is 2. The van der Waals surface area contributed by atoms with Gasteiger partial charge in [-0.2, -0.15) is 0 Å². The van der Waals surface area contributed by atoms with Crippen molar-refractivity contribution in [3.05, 3.63) is 0 Å². The van der Waals surface area contributed by atoms with Crippen molar-refractivity contribution in [3.63, 3.8) is 0 Å². The minimum atomic E-state index is -2.74. The normalized spacial score (nSPS) is 18.9. The Balaban J connectivity index is 0.000000271. The molecule has 0 aromatic heterocycles. The number of rotatable bonds is 5. The Kier molecular flexibility index (Phi) is 6.35. The maximum atomic E-state index is 11.7. The van der Waals surface area contributed by atoms with Crippen LogP contribution >= 0.6 is 0 Å². The molecule has 0 saturated carbocycles. The number of amides is 3. The van der Waals surface area contributed by atoms with Crippen LogP contribution in [0.2, 0.25) is 0 Å². The van der Waals surface area contributed by atoms with E-state index in [4.69, 9.17) is 20.4 Å². The first kappa shape index (κ1) is 21.7. The second-order valence-electron chi connectivity index (χ2n) is 5.89. The summed E-state index contributed by atoms with van der Waals surface area (Å²) in [5, 5.41) is 33.8. The van der Waals surface area contributed by atoms with Crippen molar-refractivity contribution in [1.29, 1.82) is 0 Å². The monoisotopic (exact) mass is 387 g/mol. The summed E-state index contributed by atoms with van der Waals surface area (Å²) >= 11 is 0. The molecule has 0 aromatic rings. The van der Waals surface area contributed by atoms with Gasteiger partial charge in [-0.3, -0.25) is 24.2 Å². The molecule has 2 rings (SSSR count). The van der Waals surface area contributed by atoms with Crippen LogP contribution in [0.25, 0.3) is 0 Å². The Morgan fingerprint density at radius 3 is 2.00 bits per heavy atom. The zero-order valence-electron chi connectivity index (χ0n) is 14.7. The Morgan fingerprint density at radius 2 is 1.59 bits per heavy atom. The highest BCUT2D eigenvalue weighted by atomic mass is 16.4. The van der Waals surface area contributed by atoms with Crippen LogP contribution in [-0.2, 0) is 19.2 Å². The van der Waals surface area contributed by atoms with Gasteiger partial charge >= 0.3 is 23.9 Å². The third-order valence-corrected chi connectivity index (χ3v) is 3.79. The van der Waals surface area contributed by atoms with E-state index >= 15 is 0 Å². The predicted molar refractivity (Wildman–Crippen MR) is 86.5 cm³/mol. The maximum absolute atomic E-state index is 11.7. The summed E-state index contributed by atoms with van der Waals surface area (Å²) in [6.45, 7) is 0. The van der Waals surface area contributed by atoms with E-state index in [1.54, 1.807) is 25.0 Å². The van der Waals surface area contributed by atoms with Crippen molar-refractivity contribution in [2.24, 2.45) is 4.99 Å². The number of aliphatic hydroxyl groups is 1. The summed E-state index contributed by atoms with van der Waals surface area (Å²) in [6, 6.07) is -0.781. The van der Waals surface area contributed by atoms with Gasteiger partial charge in [0.2, 0.25) is 0 Å². The summed E-state index contributed by atoms with van der Waals surface area (Å²) in [7, 11) is 4.85. The second kappa shape index (κ2) is 7.90. The smallest absolute Gasteiger partial charge is 0.336 e. The van der Waals surface area contributed by atoms with Crippen molar-refractivity contribution >= 4 is 42.0 Å². The van der Waals surface area contributed by atoms with Gasteiger partial charge in [-0.1, -0.05) is 0 Å². The van der Waals surface area contributed by atoms with Crippen LogP contribution in [-0.4, -0.2) is 110 Å². The van der Waals surface area contributed by atoms with Crippen LogP contribution in [0.15, 0.2) is 4.99 Å². The lowest BCUT2D eigenvalue weighted by atomic mass is 9.96. The van der Waals surface area contributed by atoms with Gasteiger partial charge in [0, 0.05) is 14.1 Å². The summed E-state index contributed by atoms with van der Waals surface area (Å²) in [5.74, 6) is -4.75. The number of carboxylic acid groups (broad SMARTS) is 3. The lowest BCUT2D eigenvalue weighted by molar-refractivity contribution is -0.500. The molecule has 2 aliphatic heterocycles. The molecular weight excluding hydrogens is 368 g/mol. The van der Waals surface area contributed by atoms with E-state index in [1.807, 2.05) is 0 Å². The average molecular weight is 387 g/mol. The van der Waals surface area contributed by atoms with Crippen LogP contribution in [0, 0.1) is 0 Å². The quantitative estimate of drug-likeness (QED) is 0.376. The largest absolute Gasteiger partial charge is 0.481 e. The number of imide groups is 1. The number of aliphatic imine (C=N–C) groups is 1. The van der Waals surface area contributed by atoms with E-state index in [9.17, 15) is 24.0 Å². The first-order chi connectivity index (χ1) is 12.3. The van der Waals surface area contributed by atoms with Gasteiger partial charge in [0.15, 0.2) is 5.60 Å². The number of likely N-dealkylation sites (N-methyl/N-ethyl adjacent to an activating group) is 3. The number of nitrogens with zero attached hydrogens (tertiary/aromatic N) is 4. The molecule has 3 amide bonds. The Morgan fingerprint density at radius 1 is 1.11 bits per heavy atom. The van der Waals surface area contributed by atoms with E-state index in [-0.39, 0.29) is 11.9 Å². The number of hydrogen-bond donors (Lipinski definition) is 4. The molecule has 1 unspecified atom stereocenters. The van der Waals surface area contributed by atoms with Crippen molar-refractivity contribution in [2.45, 2.75) is 24.5 Å². The van der Waals surface area contributed by atoms with Gasteiger partial charge in [0.25, 0.3) is 24.1 Å². The fraction of sp³-hybridized carbons (Fsp3) is 0.500. The molecule has 2 heterocycles. The highest BCUT2D eigenvalue weighted by molar-refractivity contribution is 6.21. The standard InChI is InChI=1S/C8H11N4O2.C6H8O7/c1-10-4-9-6-5(10)7(13)12(3)8(14)11(6)2;7-3(8)1-6(13,5(11)12)2-4(9)10/h4-5H,1-3H3;13H,1-2H2,(H,7,8)(H,9,10)(H,11,12)/q+1;. The Bertz CT molecular complexity index is 742. The SMILES string of the molecule is CN1C(=O)C2C(=NC=[N+]2C)N(C)C1=O.O=C(O)CC(O)(CC(=O)O)C(=O)O. The highest BCUT2D eigenvalue weighted by Gasteiger charge is 2.49. The van der Waals surface area contributed by atoms with E-state index in [1.165, 1.54) is 11.9 Å². The summed E-state index contributed by atoms with van der Waals surface area (Å²) < 4.78 is 1.69. The van der Waals surface area contributed by atoms with E-state index in [0.717, 1.165) is 4.90 Å². The third kappa shape index (κ3) is 4.63. The van der Waals surface area contributed by atoms with Gasteiger partial charge in [-0.05, 0) is 4.99 Å². The van der Waals surface area contributed by atoms with Crippen LogP contribution in [0.5, 0.6) is 0 Å². The molecule has 1 fully saturated rings. The molecule has 148 valence electrons. The minimum absolute atomic E-state index is 0.233.